The summed E-state index contributed by atoms with van der Waals surface area (Å²) in [5.74, 6) is -0.194. The van der Waals surface area contributed by atoms with E-state index in [0.717, 1.165) is 11.1 Å². The molecule has 5 nitrogen and oxygen atoms in total. The third-order valence-corrected chi connectivity index (χ3v) is 5.19. The fourth-order valence-corrected chi connectivity index (χ4v) is 3.37. The SMILES string of the molecule is Cc1cccc(C(=O)NCCN(CCc2ccccc2)S(C)(=O)=O)c1. The quantitative estimate of drug-likeness (QED) is 0.785. The Morgan fingerprint density at radius 1 is 1.04 bits per heavy atom. The van der Waals surface area contributed by atoms with Crippen molar-refractivity contribution in [3.63, 3.8) is 0 Å². The molecular formula is C19H24N2O3S. The van der Waals surface area contributed by atoms with Crippen molar-refractivity contribution in [2.24, 2.45) is 0 Å². The van der Waals surface area contributed by atoms with Gasteiger partial charge in [0.15, 0.2) is 0 Å². The normalized spacial score (nSPS) is 11.5. The van der Waals surface area contributed by atoms with Crippen molar-refractivity contribution < 1.29 is 13.2 Å². The van der Waals surface area contributed by atoms with Crippen LogP contribution in [0.25, 0.3) is 0 Å². The number of aryl methyl sites for hydroxylation is 1. The number of amides is 1. The molecular weight excluding hydrogens is 336 g/mol. The minimum atomic E-state index is -3.32. The van der Waals surface area contributed by atoms with Gasteiger partial charge in [-0.25, -0.2) is 12.7 Å². The van der Waals surface area contributed by atoms with Gasteiger partial charge < -0.3 is 5.32 Å². The van der Waals surface area contributed by atoms with Gasteiger partial charge in [-0.1, -0.05) is 48.0 Å². The Morgan fingerprint density at radius 2 is 1.76 bits per heavy atom. The highest BCUT2D eigenvalue weighted by Crippen LogP contribution is 2.05. The Bertz CT molecular complexity index is 804. The van der Waals surface area contributed by atoms with E-state index in [2.05, 4.69) is 5.32 Å². The Balaban J connectivity index is 1.89. The summed E-state index contributed by atoms with van der Waals surface area (Å²) in [6.45, 7) is 2.84. The van der Waals surface area contributed by atoms with Crippen LogP contribution in [0.5, 0.6) is 0 Å². The van der Waals surface area contributed by atoms with Crippen LogP contribution < -0.4 is 5.32 Å². The zero-order valence-corrected chi connectivity index (χ0v) is 15.4. The largest absolute Gasteiger partial charge is 0.351 e. The Labute approximate surface area is 149 Å². The van der Waals surface area contributed by atoms with Gasteiger partial charge in [-0.2, -0.15) is 0 Å². The van der Waals surface area contributed by atoms with Gasteiger partial charge in [0.25, 0.3) is 5.91 Å². The second kappa shape index (κ2) is 8.78. The maximum Gasteiger partial charge on any atom is 0.251 e. The fourth-order valence-electron chi connectivity index (χ4n) is 2.52. The lowest BCUT2D eigenvalue weighted by Gasteiger charge is -2.20. The topological polar surface area (TPSA) is 66.5 Å². The number of nitrogens with one attached hydrogen (secondary N) is 1. The van der Waals surface area contributed by atoms with E-state index in [4.69, 9.17) is 0 Å². The van der Waals surface area contributed by atoms with E-state index in [1.165, 1.54) is 10.6 Å². The number of rotatable bonds is 8. The Hall–Kier alpha value is -2.18. The molecule has 0 aliphatic rings. The predicted octanol–water partition coefficient (Wildman–Crippen LogP) is 2.23. The fraction of sp³-hybridized carbons (Fsp3) is 0.316. The molecule has 0 heterocycles. The molecule has 25 heavy (non-hydrogen) atoms. The zero-order valence-electron chi connectivity index (χ0n) is 14.6. The van der Waals surface area contributed by atoms with E-state index >= 15 is 0 Å². The molecule has 134 valence electrons. The van der Waals surface area contributed by atoms with E-state index in [1.807, 2.05) is 49.4 Å². The monoisotopic (exact) mass is 360 g/mol. The Kier molecular flexibility index (Phi) is 6.73. The van der Waals surface area contributed by atoms with Gasteiger partial charge in [-0.15, -0.1) is 0 Å². The molecule has 1 amide bonds. The van der Waals surface area contributed by atoms with Gasteiger partial charge in [0.05, 0.1) is 6.26 Å². The first-order chi connectivity index (χ1) is 11.9. The molecule has 2 aromatic carbocycles. The van der Waals surface area contributed by atoms with Crippen LogP contribution in [0.3, 0.4) is 0 Å². The second-order valence-corrected chi connectivity index (χ2v) is 8.01. The van der Waals surface area contributed by atoms with Gasteiger partial charge in [-0.3, -0.25) is 4.79 Å². The van der Waals surface area contributed by atoms with Crippen LogP contribution in [0.1, 0.15) is 21.5 Å². The lowest BCUT2D eigenvalue weighted by atomic mass is 10.1. The van der Waals surface area contributed by atoms with Crippen LogP contribution in [0.4, 0.5) is 0 Å². The van der Waals surface area contributed by atoms with E-state index in [0.29, 0.717) is 18.5 Å². The van der Waals surface area contributed by atoms with Crippen LogP contribution in [0.2, 0.25) is 0 Å². The van der Waals surface area contributed by atoms with E-state index in [1.54, 1.807) is 12.1 Å². The number of hydrogen-bond acceptors (Lipinski definition) is 3. The van der Waals surface area contributed by atoms with Crippen molar-refractivity contribution in [2.45, 2.75) is 13.3 Å². The number of sulfonamides is 1. The molecule has 0 radical (unpaired) electrons. The molecule has 6 heteroatoms. The van der Waals surface area contributed by atoms with Gasteiger partial charge in [0.2, 0.25) is 10.0 Å². The third kappa shape index (κ3) is 6.32. The van der Waals surface area contributed by atoms with Crippen molar-refractivity contribution >= 4 is 15.9 Å². The maximum absolute atomic E-state index is 12.1. The molecule has 1 N–H and O–H groups in total. The molecule has 2 aromatic rings. The summed E-state index contributed by atoms with van der Waals surface area (Å²) in [5, 5.41) is 2.78. The molecule has 0 spiro atoms. The summed E-state index contributed by atoms with van der Waals surface area (Å²) in [6, 6.07) is 17.0. The Morgan fingerprint density at radius 3 is 2.40 bits per heavy atom. The number of hydrogen-bond donors (Lipinski definition) is 1. The van der Waals surface area contributed by atoms with Crippen molar-refractivity contribution in [1.29, 1.82) is 0 Å². The van der Waals surface area contributed by atoms with Crippen LogP contribution in [0.15, 0.2) is 54.6 Å². The van der Waals surface area contributed by atoms with E-state index < -0.39 is 10.0 Å². The van der Waals surface area contributed by atoms with Crippen LogP contribution in [0, 0.1) is 6.92 Å². The molecule has 0 saturated carbocycles. The predicted molar refractivity (Wildman–Crippen MR) is 100 cm³/mol. The van der Waals surface area contributed by atoms with Crippen molar-refractivity contribution in [1.82, 2.24) is 9.62 Å². The van der Waals surface area contributed by atoms with Crippen LogP contribution in [-0.2, 0) is 16.4 Å². The van der Waals surface area contributed by atoms with E-state index in [9.17, 15) is 13.2 Å². The lowest BCUT2D eigenvalue weighted by molar-refractivity contribution is 0.0951. The molecule has 0 unspecified atom stereocenters. The van der Waals surface area contributed by atoms with Crippen LogP contribution >= 0.6 is 0 Å². The highest BCUT2D eigenvalue weighted by Gasteiger charge is 2.16. The van der Waals surface area contributed by atoms with Crippen LogP contribution in [-0.4, -0.2) is 44.5 Å². The smallest absolute Gasteiger partial charge is 0.251 e. The van der Waals surface area contributed by atoms with Crippen molar-refractivity contribution in [3.05, 3.63) is 71.3 Å². The summed E-state index contributed by atoms with van der Waals surface area (Å²) in [6.07, 6.45) is 1.83. The number of carbonyl (C=O) groups is 1. The van der Waals surface area contributed by atoms with Gasteiger partial charge >= 0.3 is 0 Å². The first-order valence-electron chi connectivity index (χ1n) is 8.20. The summed E-state index contributed by atoms with van der Waals surface area (Å²) in [5.41, 5.74) is 2.67. The van der Waals surface area contributed by atoms with E-state index in [-0.39, 0.29) is 19.0 Å². The lowest BCUT2D eigenvalue weighted by Crippen LogP contribution is -2.39. The molecule has 0 aromatic heterocycles. The second-order valence-electron chi connectivity index (χ2n) is 6.02. The third-order valence-electron chi connectivity index (χ3n) is 3.89. The average Bonchev–Trinajstić information content (AvgIpc) is 2.57. The average molecular weight is 360 g/mol. The molecule has 0 aliphatic heterocycles. The highest BCUT2D eigenvalue weighted by atomic mass is 32.2. The first-order valence-corrected chi connectivity index (χ1v) is 10.0. The van der Waals surface area contributed by atoms with Gasteiger partial charge in [0.1, 0.15) is 0 Å². The summed E-state index contributed by atoms with van der Waals surface area (Å²) in [4.78, 5) is 12.1. The minimum Gasteiger partial charge on any atom is -0.351 e. The maximum atomic E-state index is 12.1. The molecule has 0 atom stereocenters. The molecule has 0 saturated heterocycles. The van der Waals surface area contributed by atoms with Gasteiger partial charge in [0, 0.05) is 25.2 Å². The standard InChI is InChI=1S/C19H24N2O3S/c1-16-7-6-10-18(15-16)19(22)20-12-14-21(25(2,23)24)13-11-17-8-4-3-5-9-17/h3-10,15H,11-14H2,1-2H3,(H,20,22). The van der Waals surface area contributed by atoms with Gasteiger partial charge in [-0.05, 0) is 31.0 Å². The number of benzene rings is 2. The highest BCUT2D eigenvalue weighted by molar-refractivity contribution is 7.88. The first kappa shape index (κ1) is 19.1. The summed E-state index contributed by atoms with van der Waals surface area (Å²) < 4.78 is 25.3. The molecule has 2 rings (SSSR count). The molecule has 0 aliphatic carbocycles. The number of carbonyl (C=O) groups excluding carboxylic acids is 1. The zero-order chi connectivity index (χ0) is 18.3. The minimum absolute atomic E-state index is 0.194. The number of nitrogens with zero attached hydrogens (tertiary/aromatic N) is 1. The molecule has 0 bridgehead atoms. The summed E-state index contributed by atoms with van der Waals surface area (Å²) in [7, 11) is -3.32. The van der Waals surface area contributed by atoms with Crippen molar-refractivity contribution in [2.75, 3.05) is 25.9 Å². The molecule has 0 fully saturated rings. The summed E-state index contributed by atoms with van der Waals surface area (Å²) >= 11 is 0. The van der Waals surface area contributed by atoms with Crippen molar-refractivity contribution in [3.8, 4) is 0 Å².